The van der Waals surface area contributed by atoms with Gasteiger partial charge in [0.2, 0.25) is 11.8 Å². The Balaban J connectivity index is 1.48. The molecule has 2 heterocycles. The van der Waals surface area contributed by atoms with Gasteiger partial charge in [0.25, 0.3) is 0 Å². The number of hydrogen-bond donors (Lipinski definition) is 3. The van der Waals surface area contributed by atoms with Crippen LogP contribution in [0.1, 0.15) is 13.3 Å². The molecule has 2 unspecified atom stereocenters. The van der Waals surface area contributed by atoms with Crippen molar-refractivity contribution in [2.75, 3.05) is 5.32 Å². The number of amides is 4. The van der Waals surface area contributed by atoms with Gasteiger partial charge in [0, 0.05) is 23.7 Å². The van der Waals surface area contributed by atoms with Crippen molar-refractivity contribution < 1.29 is 14.4 Å². The van der Waals surface area contributed by atoms with Gasteiger partial charge in [0.15, 0.2) is 0 Å². The van der Waals surface area contributed by atoms with Gasteiger partial charge in [0.05, 0.1) is 16.1 Å². The highest BCUT2D eigenvalue weighted by Gasteiger charge is 2.34. The molecule has 1 aliphatic heterocycles. The molecule has 0 spiro atoms. The summed E-state index contributed by atoms with van der Waals surface area (Å²) >= 11 is 1.59. The van der Waals surface area contributed by atoms with Gasteiger partial charge in [-0.05, 0) is 31.2 Å². The Morgan fingerprint density at radius 2 is 2.00 bits per heavy atom. The Labute approximate surface area is 165 Å². The summed E-state index contributed by atoms with van der Waals surface area (Å²) in [6.07, 6.45) is -0.0152. The van der Waals surface area contributed by atoms with E-state index >= 15 is 0 Å². The number of carbonyl (C=O) groups excluding carboxylic acids is 3. The van der Waals surface area contributed by atoms with E-state index in [2.05, 4.69) is 20.9 Å². The fourth-order valence-corrected chi connectivity index (χ4v) is 4.14. The smallest absolute Gasteiger partial charge is 0.321 e. The number of thiazole rings is 1. The van der Waals surface area contributed by atoms with Crippen molar-refractivity contribution in [2.24, 2.45) is 5.92 Å². The van der Waals surface area contributed by atoms with E-state index in [0.717, 1.165) is 20.8 Å². The summed E-state index contributed by atoms with van der Waals surface area (Å²) in [5, 5.41) is 8.52. The van der Waals surface area contributed by atoms with E-state index in [4.69, 9.17) is 0 Å². The van der Waals surface area contributed by atoms with Gasteiger partial charge in [-0.25, -0.2) is 9.78 Å². The molecule has 7 nitrogen and oxygen atoms in total. The number of rotatable bonds is 4. The minimum Gasteiger partial charge on any atom is -0.335 e. The van der Waals surface area contributed by atoms with Gasteiger partial charge in [0.1, 0.15) is 5.01 Å². The first kappa shape index (κ1) is 18.1. The van der Waals surface area contributed by atoms with E-state index in [-0.39, 0.29) is 12.3 Å². The number of aromatic nitrogens is 1. The van der Waals surface area contributed by atoms with Crippen LogP contribution in [0, 0.1) is 5.92 Å². The monoisotopic (exact) mass is 394 g/mol. The van der Waals surface area contributed by atoms with Gasteiger partial charge in [-0.3, -0.25) is 14.9 Å². The van der Waals surface area contributed by atoms with Crippen LogP contribution in [-0.2, 0) is 9.59 Å². The fraction of sp³-hybridized carbons (Fsp3) is 0.200. The minimum atomic E-state index is -0.606. The lowest BCUT2D eigenvalue weighted by atomic mass is 9.94. The molecule has 1 saturated heterocycles. The number of imide groups is 1. The molecule has 142 valence electrons. The maximum absolute atomic E-state index is 12.4. The van der Waals surface area contributed by atoms with E-state index in [1.165, 1.54) is 0 Å². The topological polar surface area (TPSA) is 100 Å². The second-order valence-electron chi connectivity index (χ2n) is 6.68. The van der Waals surface area contributed by atoms with E-state index in [0.29, 0.717) is 5.69 Å². The van der Waals surface area contributed by atoms with Gasteiger partial charge < -0.3 is 10.6 Å². The normalized spacial score (nSPS) is 19.2. The summed E-state index contributed by atoms with van der Waals surface area (Å²) in [6, 6.07) is 14.4. The molecule has 4 rings (SSSR count). The summed E-state index contributed by atoms with van der Waals surface area (Å²) in [4.78, 5) is 40.3. The molecule has 0 bridgehead atoms. The van der Waals surface area contributed by atoms with Crippen LogP contribution in [0.25, 0.3) is 20.8 Å². The zero-order valence-electron chi connectivity index (χ0n) is 15.1. The molecule has 28 heavy (non-hydrogen) atoms. The number of nitrogens with zero attached hydrogens (tertiary/aromatic N) is 1. The Kier molecular flexibility index (Phi) is 4.79. The molecule has 8 heteroatoms. The molecule has 1 fully saturated rings. The number of hydrogen-bond acceptors (Lipinski definition) is 5. The predicted octanol–water partition coefficient (Wildman–Crippen LogP) is 3.14. The largest absolute Gasteiger partial charge is 0.335 e. The minimum absolute atomic E-state index is 0.0152. The molecule has 3 aromatic rings. The van der Waals surface area contributed by atoms with E-state index < -0.39 is 23.9 Å². The quantitative estimate of drug-likeness (QED) is 0.633. The first-order valence-electron chi connectivity index (χ1n) is 8.87. The number of carbonyl (C=O) groups is 3. The third kappa shape index (κ3) is 3.72. The van der Waals surface area contributed by atoms with E-state index in [1.807, 2.05) is 42.5 Å². The van der Waals surface area contributed by atoms with Crippen LogP contribution in [0.15, 0.2) is 48.5 Å². The lowest BCUT2D eigenvalue weighted by Gasteiger charge is -2.28. The second kappa shape index (κ2) is 7.40. The summed E-state index contributed by atoms with van der Waals surface area (Å²) in [5.41, 5.74) is 2.49. The van der Waals surface area contributed by atoms with Gasteiger partial charge in [-0.2, -0.15) is 0 Å². The van der Waals surface area contributed by atoms with Gasteiger partial charge >= 0.3 is 6.03 Å². The summed E-state index contributed by atoms with van der Waals surface area (Å²) in [7, 11) is 0. The molecule has 0 aliphatic carbocycles. The van der Waals surface area contributed by atoms with Gasteiger partial charge in [-0.1, -0.05) is 24.3 Å². The maximum atomic E-state index is 12.4. The van der Waals surface area contributed by atoms with Crippen molar-refractivity contribution in [2.45, 2.75) is 19.4 Å². The second-order valence-corrected chi connectivity index (χ2v) is 7.71. The number of benzene rings is 2. The summed E-state index contributed by atoms with van der Waals surface area (Å²) < 4.78 is 1.10. The van der Waals surface area contributed by atoms with Crippen molar-refractivity contribution in [1.82, 2.24) is 15.6 Å². The van der Waals surface area contributed by atoms with Crippen LogP contribution < -0.4 is 16.0 Å². The number of fused-ring (bicyclic) bond motifs is 1. The van der Waals surface area contributed by atoms with Crippen LogP contribution >= 0.6 is 11.3 Å². The highest BCUT2D eigenvalue weighted by molar-refractivity contribution is 7.21. The zero-order valence-corrected chi connectivity index (χ0v) is 15.9. The third-order valence-corrected chi connectivity index (χ3v) is 5.71. The predicted molar refractivity (Wildman–Crippen MR) is 108 cm³/mol. The number of nitrogens with one attached hydrogen (secondary N) is 3. The van der Waals surface area contributed by atoms with Crippen molar-refractivity contribution in [3.63, 3.8) is 0 Å². The van der Waals surface area contributed by atoms with Crippen LogP contribution in [0.4, 0.5) is 10.5 Å². The van der Waals surface area contributed by atoms with Crippen LogP contribution in [0.5, 0.6) is 0 Å². The van der Waals surface area contributed by atoms with Crippen LogP contribution in [0.3, 0.4) is 0 Å². The Hall–Kier alpha value is -3.26. The Morgan fingerprint density at radius 3 is 2.79 bits per heavy atom. The van der Waals surface area contributed by atoms with Gasteiger partial charge in [-0.15, -0.1) is 11.3 Å². The molecule has 0 radical (unpaired) electrons. The first-order chi connectivity index (χ1) is 13.5. The molecule has 4 amide bonds. The van der Waals surface area contributed by atoms with Crippen molar-refractivity contribution >= 4 is 45.1 Å². The van der Waals surface area contributed by atoms with Crippen molar-refractivity contribution in [1.29, 1.82) is 0 Å². The van der Waals surface area contributed by atoms with Crippen LogP contribution in [-0.4, -0.2) is 28.9 Å². The SMILES string of the molecule is CC1NC(=O)NC(=O)C1CC(=O)Nc1cccc(-c2nc3ccccc3s2)c1. The number of para-hydroxylation sites is 1. The van der Waals surface area contributed by atoms with E-state index in [1.54, 1.807) is 24.3 Å². The highest BCUT2D eigenvalue weighted by Crippen LogP contribution is 2.31. The molecule has 1 aromatic heterocycles. The zero-order chi connectivity index (χ0) is 19.7. The molecule has 2 aromatic carbocycles. The molecule has 2 atom stereocenters. The molecular weight excluding hydrogens is 376 g/mol. The standard InChI is InChI=1S/C20H18N4O3S/c1-11-14(18(26)24-20(27)21-11)10-17(25)22-13-6-4-5-12(9-13)19-23-15-7-2-3-8-16(15)28-19/h2-9,11,14H,10H2,1H3,(H,22,25)(H2,21,24,26,27). The Morgan fingerprint density at radius 1 is 1.18 bits per heavy atom. The third-order valence-electron chi connectivity index (χ3n) is 4.63. The average Bonchev–Trinajstić information content (AvgIpc) is 3.09. The highest BCUT2D eigenvalue weighted by atomic mass is 32.1. The first-order valence-corrected chi connectivity index (χ1v) is 9.68. The lowest BCUT2D eigenvalue weighted by Crippen LogP contribution is -2.57. The van der Waals surface area contributed by atoms with Crippen molar-refractivity contribution in [3.8, 4) is 10.6 Å². The summed E-state index contributed by atoms with van der Waals surface area (Å²) in [5.74, 6) is -1.33. The van der Waals surface area contributed by atoms with Crippen LogP contribution in [0.2, 0.25) is 0 Å². The molecule has 3 N–H and O–H groups in total. The number of urea groups is 1. The number of anilines is 1. The lowest BCUT2D eigenvalue weighted by molar-refractivity contribution is -0.129. The van der Waals surface area contributed by atoms with Crippen molar-refractivity contribution in [3.05, 3.63) is 48.5 Å². The molecule has 1 aliphatic rings. The fourth-order valence-electron chi connectivity index (χ4n) is 3.18. The maximum Gasteiger partial charge on any atom is 0.321 e. The van der Waals surface area contributed by atoms with E-state index in [9.17, 15) is 14.4 Å². The molecule has 0 saturated carbocycles. The summed E-state index contributed by atoms with van der Waals surface area (Å²) in [6.45, 7) is 1.71. The molecular formula is C20H18N4O3S. The average molecular weight is 394 g/mol. The Bertz CT molecular complexity index is 1050.